The van der Waals surface area contributed by atoms with E-state index in [1.54, 1.807) is 12.1 Å². The van der Waals surface area contributed by atoms with Crippen molar-refractivity contribution in [2.45, 2.75) is 83.6 Å². The molecule has 2 N–H and O–H groups in total. The molecule has 1 aromatic carbocycles. The fraction of sp³-hybridized carbons (Fsp3) is 0.593. The lowest BCUT2D eigenvalue weighted by atomic mass is 9.68. The van der Waals surface area contributed by atoms with Crippen molar-refractivity contribution >= 4 is 21.9 Å². The van der Waals surface area contributed by atoms with E-state index in [1.807, 2.05) is 6.07 Å². The third-order valence-electron chi connectivity index (χ3n) is 7.20. The third-order valence-corrected chi connectivity index (χ3v) is 8.52. The third kappa shape index (κ3) is 6.35. The van der Waals surface area contributed by atoms with Gasteiger partial charge >= 0.3 is 0 Å². The lowest BCUT2D eigenvalue weighted by molar-refractivity contribution is 0.0913. The minimum absolute atomic E-state index is 0.00951. The summed E-state index contributed by atoms with van der Waals surface area (Å²) in [6.07, 6.45) is 4.97. The van der Waals surface area contributed by atoms with Gasteiger partial charge in [-0.3, -0.25) is 4.79 Å². The Kier molecular flexibility index (Phi) is 7.59. The number of amides is 1. The van der Waals surface area contributed by atoms with Gasteiger partial charge in [0.25, 0.3) is 15.9 Å². The van der Waals surface area contributed by atoms with E-state index in [0.29, 0.717) is 24.1 Å². The number of ether oxygens (including phenoxy) is 1. The van der Waals surface area contributed by atoms with Crippen LogP contribution in [0.5, 0.6) is 5.88 Å². The van der Waals surface area contributed by atoms with E-state index in [4.69, 9.17) is 4.74 Å². The molecule has 1 aromatic heterocycles. The van der Waals surface area contributed by atoms with Gasteiger partial charge in [-0.1, -0.05) is 47.1 Å². The number of aromatic nitrogens is 2. The largest absolute Gasteiger partial charge is 0.475 e. The van der Waals surface area contributed by atoms with Crippen LogP contribution >= 0.6 is 0 Å². The normalized spacial score (nSPS) is 24.4. The van der Waals surface area contributed by atoms with Crippen LogP contribution in [-0.4, -0.2) is 36.9 Å². The molecule has 4 rings (SSSR count). The van der Waals surface area contributed by atoms with Crippen molar-refractivity contribution in [3.63, 3.8) is 0 Å². The summed E-state index contributed by atoms with van der Waals surface area (Å²) in [6.45, 7) is 11.2. The van der Waals surface area contributed by atoms with Crippen LogP contribution < -0.4 is 14.8 Å². The van der Waals surface area contributed by atoms with Crippen LogP contribution in [0, 0.1) is 17.3 Å². The van der Waals surface area contributed by atoms with Crippen molar-refractivity contribution in [1.29, 1.82) is 0 Å². The summed E-state index contributed by atoms with van der Waals surface area (Å²) < 4.78 is 35.0. The molecule has 4 bridgehead atoms. The molecular formula is C27H38N4O4S. The van der Waals surface area contributed by atoms with Gasteiger partial charge in [0.2, 0.25) is 11.8 Å². The van der Waals surface area contributed by atoms with Gasteiger partial charge in [-0.05, 0) is 61.1 Å². The van der Waals surface area contributed by atoms with Gasteiger partial charge in [-0.15, -0.1) is 0 Å². The number of rotatable bonds is 3. The Balaban J connectivity index is 1.74. The first-order chi connectivity index (χ1) is 16.9. The number of hydrogen-bond donors (Lipinski definition) is 2. The molecule has 1 aliphatic heterocycles. The monoisotopic (exact) mass is 514 g/mol. The van der Waals surface area contributed by atoms with Crippen LogP contribution in [0.1, 0.15) is 88.7 Å². The number of sulfonamides is 1. The van der Waals surface area contributed by atoms with E-state index >= 15 is 0 Å². The molecule has 36 heavy (non-hydrogen) atoms. The van der Waals surface area contributed by atoms with Crippen molar-refractivity contribution in [3.05, 3.63) is 41.6 Å². The highest BCUT2D eigenvalue weighted by molar-refractivity contribution is 7.92. The van der Waals surface area contributed by atoms with Gasteiger partial charge in [-0.25, -0.2) is 18.1 Å². The Labute approximate surface area is 214 Å². The first-order valence-electron chi connectivity index (χ1n) is 12.9. The quantitative estimate of drug-likeness (QED) is 0.587. The van der Waals surface area contributed by atoms with Crippen LogP contribution in [0.4, 0.5) is 5.95 Å². The molecule has 2 aliphatic rings. The highest BCUT2D eigenvalue weighted by Gasteiger charge is 2.32. The zero-order valence-electron chi connectivity index (χ0n) is 21.9. The Morgan fingerprint density at radius 2 is 1.92 bits per heavy atom. The number of benzene rings is 1. The van der Waals surface area contributed by atoms with Gasteiger partial charge in [0, 0.05) is 17.5 Å². The van der Waals surface area contributed by atoms with Crippen molar-refractivity contribution in [1.82, 2.24) is 15.3 Å². The number of anilines is 1. The molecule has 9 heteroatoms. The van der Waals surface area contributed by atoms with Gasteiger partial charge in [0.05, 0.1) is 16.6 Å². The minimum atomic E-state index is -4.01. The van der Waals surface area contributed by atoms with Crippen molar-refractivity contribution in [2.24, 2.45) is 17.3 Å². The van der Waals surface area contributed by atoms with E-state index in [-0.39, 0.29) is 46.3 Å². The van der Waals surface area contributed by atoms with Crippen molar-refractivity contribution in [3.8, 4) is 5.88 Å². The van der Waals surface area contributed by atoms with Crippen LogP contribution in [0.25, 0.3) is 0 Å². The maximum atomic E-state index is 13.2. The molecule has 2 unspecified atom stereocenters. The van der Waals surface area contributed by atoms with Crippen molar-refractivity contribution in [2.75, 3.05) is 11.3 Å². The Bertz CT molecular complexity index is 1210. The number of carbonyl (C=O) groups excluding carboxylic acids is 1. The number of carbonyl (C=O) groups is 1. The number of nitrogens with one attached hydrogen (secondary N) is 2. The summed E-state index contributed by atoms with van der Waals surface area (Å²) in [7, 11) is -4.01. The predicted octanol–water partition coefficient (Wildman–Crippen LogP) is 5.13. The average molecular weight is 515 g/mol. The van der Waals surface area contributed by atoms with Gasteiger partial charge in [0.1, 0.15) is 6.61 Å². The molecule has 8 nitrogen and oxygen atoms in total. The second-order valence-electron chi connectivity index (χ2n) is 11.6. The zero-order chi connectivity index (χ0) is 26.1. The average Bonchev–Trinajstić information content (AvgIpc) is 2.81. The first-order valence-corrected chi connectivity index (χ1v) is 14.3. The maximum Gasteiger partial charge on any atom is 0.264 e. The first kappa shape index (κ1) is 26.4. The standard InChI is InChI=1S/C27H38N4O4S/c1-17(2)12-21-16-35-24-15-23(18-8-6-10-20(13-18)27(3,4)5)29-26(30-24)31-36(33,34)22-11-7-9-19(14-22)25(32)28-21/h7,9,11,14-15,17-18,20-21H,6,8,10,12-13,16H2,1-5H3,(H,28,32)(H,29,30,31)/t18?,20?,21-/m1/s1. The van der Waals surface area contributed by atoms with Crippen molar-refractivity contribution < 1.29 is 17.9 Å². The maximum absolute atomic E-state index is 13.2. The van der Waals surface area contributed by atoms with Gasteiger partial charge < -0.3 is 10.1 Å². The smallest absolute Gasteiger partial charge is 0.264 e. The summed E-state index contributed by atoms with van der Waals surface area (Å²) in [6, 6.07) is 7.58. The van der Waals surface area contributed by atoms with Crippen LogP contribution in [0.15, 0.2) is 35.2 Å². The zero-order valence-corrected chi connectivity index (χ0v) is 22.7. The number of fused-ring (bicyclic) bond motifs is 4. The molecule has 0 radical (unpaired) electrons. The fourth-order valence-corrected chi connectivity index (χ4v) is 6.18. The highest BCUT2D eigenvalue weighted by atomic mass is 32.2. The summed E-state index contributed by atoms with van der Waals surface area (Å²) in [5, 5.41) is 3.01. The van der Waals surface area contributed by atoms with Gasteiger partial charge in [-0.2, -0.15) is 4.98 Å². The van der Waals surface area contributed by atoms with E-state index in [0.717, 1.165) is 25.0 Å². The fourth-order valence-electron chi connectivity index (χ4n) is 5.19. The molecule has 1 aliphatic carbocycles. The van der Waals surface area contributed by atoms with Crippen LogP contribution in [-0.2, 0) is 10.0 Å². The van der Waals surface area contributed by atoms with E-state index < -0.39 is 10.0 Å². The molecule has 0 saturated heterocycles. The van der Waals surface area contributed by atoms with E-state index in [9.17, 15) is 13.2 Å². The molecule has 1 saturated carbocycles. The van der Waals surface area contributed by atoms with Gasteiger partial charge in [0.15, 0.2) is 0 Å². The Morgan fingerprint density at radius 3 is 2.64 bits per heavy atom. The summed E-state index contributed by atoms with van der Waals surface area (Å²) >= 11 is 0. The molecule has 2 heterocycles. The number of nitrogens with zero attached hydrogens (tertiary/aromatic N) is 2. The second kappa shape index (κ2) is 10.4. The SMILES string of the molecule is CC(C)C[C@@H]1COc2cc(C3CCCC(C(C)(C)C)C3)nc(n2)NS(=O)(=O)c2cccc(c2)C(=O)N1. The minimum Gasteiger partial charge on any atom is -0.475 e. The predicted molar refractivity (Wildman–Crippen MR) is 140 cm³/mol. The molecule has 1 fully saturated rings. The molecule has 1 amide bonds. The lowest BCUT2D eigenvalue weighted by Gasteiger charge is -2.37. The highest BCUT2D eigenvalue weighted by Crippen LogP contribution is 2.44. The molecule has 3 atom stereocenters. The van der Waals surface area contributed by atoms with Crippen LogP contribution in [0.3, 0.4) is 0 Å². The summed E-state index contributed by atoms with van der Waals surface area (Å²) in [5.41, 5.74) is 1.26. The number of hydrogen-bond acceptors (Lipinski definition) is 6. The Morgan fingerprint density at radius 1 is 1.14 bits per heavy atom. The summed E-state index contributed by atoms with van der Waals surface area (Å²) in [4.78, 5) is 22.0. The molecule has 196 valence electrons. The second-order valence-corrected chi connectivity index (χ2v) is 13.3. The van der Waals surface area contributed by atoms with E-state index in [2.05, 4.69) is 54.6 Å². The topological polar surface area (TPSA) is 110 Å². The molecule has 2 aromatic rings. The summed E-state index contributed by atoms with van der Waals surface area (Å²) in [5.74, 6) is 1.04. The molecular weight excluding hydrogens is 476 g/mol. The van der Waals surface area contributed by atoms with Crippen LogP contribution in [0.2, 0.25) is 0 Å². The lowest BCUT2D eigenvalue weighted by Crippen LogP contribution is -2.40. The Hall–Kier alpha value is -2.68. The van der Waals surface area contributed by atoms with E-state index in [1.165, 1.54) is 18.6 Å². The molecule has 0 spiro atoms.